The highest BCUT2D eigenvalue weighted by atomic mass is 32.2. The number of furan rings is 1. The maximum atomic E-state index is 15.1. The van der Waals surface area contributed by atoms with E-state index in [1.54, 1.807) is 18.5 Å². The number of pyridine rings is 1. The Bertz CT molecular complexity index is 3410. The topological polar surface area (TPSA) is 86.0 Å². The zero-order valence-corrected chi connectivity index (χ0v) is 32.2. The van der Waals surface area contributed by atoms with Crippen molar-refractivity contribution in [2.24, 2.45) is 0 Å². The highest BCUT2D eigenvalue weighted by Gasteiger charge is 2.52. The van der Waals surface area contributed by atoms with Crippen LogP contribution in [0.25, 0.3) is 78.1 Å². The second kappa shape index (κ2) is 12.5. The van der Waals surface area contributed by atoms with Crippen molar-refractivity contribution in [2.75, 3.05) is 0 Å². The van der Waals surface area contributed by atoms with Gasteiger partial charge in [-0.05, 0) is 93.0 Å². The van der Waals surface area contributed by atoms with Crippen molar-refractivity contribution >= 4 is 31.8 Å². The normalized spacial score (nSPS) is 15.8. The third-order valence-corrected chi connectivity index (χ3v) is 13.9. The number of para-hydroxylation sites is 1. The van der Waals surface area contributed by atoms with Gasteiger partial charge in [-0.1, -0.05) is 127 Å². The van der Waals surface area contributed by atoms with Gasteiger partial charge in [-0.25, -0.2) is 18.4 Å². The third kappa shape index (κ3) is 4.79. The molecule has 0 fully saturated rings. The monoisotopic (exact) mass is 777 g/mol. The molecule has 1 spiro atoms. The second-order valence-corrected chi connectivity index (χ2v) is 17.0. The van der Waals surface area contributed by atoms with Gasteiger partial charge in [0.1, 0.15) is 11.2 Å². The molecule has 4 heterocycles. The van der Waals surface area contributed by atoms with E-state index >= 15 is 8.42 Å². The van der Waals surface area contributed by atoms with E-state index in [2.05, 4.69) is 71.7 Å². The van der Waals surface area contributed by atoms with E-state index in [9.17, 15) is 0 Å². The average Bonchev–Trinajstić information content (AvgIpc) is 3.62. The van der Waals surface area contributed by atoms with Crippen molar-refractivity contribution in [1.29, 1.82) is 0 Å². The summed E-state index contributed by atoms with van der Waals surface area (Å²) in [6, 6.07) is 58.6. The lowest BCUT2D eigenvalue weighted by molar-refractivity contribution is 0.579. The molecule has 6 nitrogen and oxygen atoms in total. The van der Waals surface area contributed by atoms with Gasteiger partial charge < -0.3 is 4.42 Å². The molecule has 278 valence electrons. The molecule has 10 aromatic rings. The average molecular weight is 778 g/mol. The van der Waals surface area contributed by atoms with Crippen LogP contribution in [-0.4, -0.2) is 23.4 Å². The third-order valence-electron chi connectivity index (χ3n) is 12.0. The first-order chi connectivity index (χ1) is 29.0. The summed E-state index contributed by atoms with van der Waals surface area (Å²) < 4.78 is 36.8. The van der Waals surface area contributed by atoms with Crippen LogP contribution in [0.15, 0.2) is 203 Å². The molecule has 3 aromatic heterocycles. The van der Waals surface area contributed by atoms with E-state index < -0.39 is 15.3 Å². The number of hydrogen-bond donors (Lipinski definition) is 0. The summed E-state index contributed by atoms with van der Waals surface area (Å²) in [5.74, 6) is 0.557. The molecule has 0 radical (unpaired) electrons. The maximum absolute atomic E-state index is 15.1. The quantitative estimate of drug-likeness (QED) is 0.178. The van der Waals surface area contributed by atoms with Crippen molar-refractivity contribution in [3.8, 4) is 56.2 Å². The number of hydrogen-bond acceptors (Lipinski definition) is 6. The first kappa shape index (κ1) is 33.6. The Morgan fingerprint density at radius 1 is 0.441 bits per heavy atom. The van der Waals surface area contributed by atoms with Crippen LogP contribution in [0.1, 0.15) is 22.3 Å². The zero-order chi connectivity index (χ0) is 39.3. The molecule has 0 N–H and O–H groups in total. The standard InChI is InChI=1S/C52H31N3O3S/c56-59(57)49-23-11-9-21-42(49)52(44-29-48-40(28-50(44)59)39-19-7-10-22-47(39)58-48)41-20-8-6-18-37(41)35-16-4-5-17-36(35)38-25-24-33(27-43(38)52)46-30-45(32-13-2-1-3-14-32)54-51(55-46)34-15-12-26-53-31-34/h1-31H. The van der Waals surface area contributed by atoms with Crippen LogP contribution < -0.4 is 0 Å². The van der Waals surface area contributed by atoms with E-state index in [0.717, 1.165) is 72.2 Å². The van der Waals surface area contributed by atoms with Crippen LogP contribution in [0.3, 0.4) is 0 Å². The lowest BCUT2D eigenvalue weighted by Gasteiger charge is -2.42. The molecule has 0 amide bonds. The van der Waals surface area contributed by atoms with Gasteiger partial charge in [0.15, 0.2) is 5.82 Å². The number of sulfone groups is 1. The Kier molecular flexibility index (Phi) is 7.13. The molecule has 1 aliphatic carbocycles. The molecule has 0 saturated heterocycles. The first-order valence-electron chi connectivity index (χ1n) is 19.5. The van der Waals surface area contributed by atoms with Gasteiger partial charge in [0.25, 0.3) is 0 Å². The zero-order valence-electron chi connectivity index (χ0n) is 31.4. The molecule has 2 aliphatic rings. The minimum absolute atomic E-state index is 0.264. The lowest BCUT2D eigenvalue weighted by atomic mass is 9.63. The number of nitrogens with zero attached hydrogens (tertiary/aromatic N) is 3. The molecule has 7 aromatic carbocycles. The van der Waals surface area contributed by atoms with Crippen molar-refractivity contribution in [3.05, 3.63) is 211 Å². The van der Waals surface area contributed by atoms with E-state index in [4.69, 9.17) is 14.4 Å². The van der Waals surface area contributed by atoms with Crippen LogP contribution in [0.4, 0.5) is 0 Å². The molecule has 0 bridgehead atoms. The first-order valence-corrected chi connectivity index (χ1v) is 21.0. The number of benzene rings is 7. The molecular weight excluding hydrogens is 747 g/mol. The highest BCUT2D eigenvalue weighted by molar-refractivity contribution is 7.91. The summed E-state index contributed by atoms with van der Waals surface area (Å²) in [6.07, 6.45) is 3.52. The van der Waals surface area contributed by atoms with Crippen molar-refractivity contribution in [3.63, 3.8) is 0 Å². The van der Waals surface area contributed by atoms with Gasteiger partial charge in [-0.3, -0.25) is 4.98 Å². The van der Waals surface area contributed by atoms with E-state index in [-0.39, 0.29) is 9.79 Å². The van der Waals surface area contributed by atoms with Crippen LogP contribution >= 0.6 is 0 Å². The van der Waals surface area contributed by atoms with Crippen LogP contribution in [-0.2, 0) is 15.3 Å². The summed E-state index contributed by atoms with van der Waals surface area (Å²) in [6.45, 7) is 0. The summed E-state index contributed by atoms with van der Waals surface area (Å²) in [7, 11) is -4.00. The minimum Gasteiger partial charge on any atom is -0.456 e. The molecule has 59 heavy (non-hydrogen) atoms. The fourth-order valence-corrected chi connectivity index (χ4v) is 11.3. The summed E-state index contributed by atoms with van der Waals surface area (Å²) >= 11 is 0. The van der Waals surface area contributed by atoms with Crippen LogP contribution in [0.2, 0.25) is 0 Å². The molecule has 7 heteroatoms. The van der Waals surface area contributed by atoms with E-state index in [1.807, 2.05) is 103 Å². The van der Waals surface area contributed by atoms with Crippen molar-refractivity contribution < 1.29 is 12.8 Å². The molecule has 0 saturated carbocycles. The number of fused-ring (bicyclic) bond motifs is 14. The fourth-order valence-electron chi connectivity index (χ4n) is 9.49. The molecular formula is C52H31N3O3S. The number of rotatable bonds is 3. The summed E-state index contributed by atoms with van der Waals surface area (Å²) in [4.78, 5) is 15.2. The van der Waals surface area contributed by atoms with Gasteiger partial charge in [0.05, 0.1) is 26.6 Å². The van der Waals surface area contributed by atoms with E-state index in [1.165, 1.54) is 0 Å². The molecule has 1 aliphatic heterocycles. The Balaban J connectivity index is 1.24. The summed E-state index contributed by atoms with van der Waals surface area (Å²) in [5, 5.41) is 1.63. The Labute approximate surface area is 340 Å². The lowest BCUT2D eigenvalue weighted by Crippen LogP contribution is -2.38. The van der Waals surface area contributed by atoms with E-state index in [0.29, 0.717) is 28.1 Å². The molecule has 12 rings (SSSR count). The fraction of sp³-hybridized carbons (Fsp3) is 0.0192. The molecule has 1 unspecified atom stereocenters. The Hall–Kier alpha value is -7.48. The molecule has 1 atom stereocenters. The maximum Gasteiger partial charge on any atom is 0.207 e. The van der Waals surface area contributed by atoms with Gasteiger partial charge >= 0.3 is 0 Å². The van der Waals surface area contributed by atoms with Gasteiger partial charge in [-0.15, -0.1) is 0 Å². The largest absolute Gasteiger partial charge is 0.456 e. The van der Waals surface area contributed by atoms with Gasteiger partial charge in [-0.2, -0.15) is 0 Å². The number of aromatic nitrogens is 3. The Morgan fingerprint density at radius 2 is 1.10 bits per heavy atom. The van der Waals surface area contributed by atoms with Crippen LogP contribution in [0, 0.1) is 0 Å². The smallest absolute Gasteiger partial charge is 0.207 e. The Morgan fingerprint density at radius 3 is 1.90 bits per heavy atom. The van der Waals surface area contributed by atoms with Crippen molar-refractivity contribution in [2.45, 2.75) is 15.2 Å². The summed E-state index contributed by atoms with van der Waals surface area (Å²) in [5.41, 5.74) is 11.7. The highest BCUT2D eigenvalue weighted by Crippen LogP contribution is 2.60. The van der Waals surface area contributed by atoms with Gasteiger partial charge in [0.2, 0.25) is 9.84 Å². The SMILES string of the molecule is O=S1(=O)c2ccccc2C2(c3ccccc3-c3ccccc3-c3ccc(-c4cc(-c5ccccc5)nc(-c5cccnc5)n4)cc32)c2cc3oc4ccccc4c3cc21. The van der Waals surface area contributed by atoms with Crippen molar-refractivity contribution in [1.82, 2.24) is 15.0 Å². The minimum atomic E-state index is -4.00. The predicted molar refractivity (Wildman–Crippen MR) is 232 cm³/mol. The second-order valence-electron chi connectivity index (χ2n) is 15.1. The predicted octanol–water partition coefficient (Wildman–Crippen LogP) is 11.9. The van der Waals surface area contributed by atoms with Gasteiger partial charge in [0, 0.05) is 39.9 Å². The van der Waals surface area contributed by atoms with Crippen LogP contribution in [0.5, 0.6) is 0 Å².